The van der Waals surface area contributed by atoms with E-state index in [1.807, 2.05) is 119 Å². The Hall–Kier alpha value is -6.02. The molecule has 2 aliphatic heterocycles. The first kappa shape index (κ1) is 33.1. The standard InChI is InChI=1S/C25H21NO3.C19H17NO3/c1-16(27)20-23(28)22-21(18-11-6-3-7-12-18)19(17-9-4-2-5-10-17)15-26(22)25(24(20)29)13-8-14-25;1-12(21)15-17(22)16-14(13-6-3-2-4-7-13)8-11-20(16)19(18(15)23)9-5-10-19/h2-7,9-12,15,28H,8,13-14H2,1H3;2-4,6-8,11,22H,5,9-10H2,1H3. The summed E-state index contributed by atoms with van der Waals surface area (Å²) in [6, 6.07) is 31.4. The van der Waals surface area contributed by atoms with Gasteiger partial charge in [0, 0.05) is 29.1 Å². The maximum Gasteiger partial charge on any atom is 0.196 e. The van der Waals surface area contributed by atoms with Crippen molar-refractivity contribution in [2.75, 3.05) is 0 Å². The number of benzene rings is 3. The van der Waals surface area contributed by atoms with Crippen LogP contribution >= 0.6 is 0 Å². The average Bonchev–Trinajstić information content (AvgIpc) is 3.72. The van der Waals surface area contributed by atoms with Gasteiger partial charge in [-0.05, 0) is 75.1 Å². The fraction of sp³-hybridized carbons (Fsp3) is 0.227. The molecule has 0 amide bonds. The highest BCUT2D eigenvalue weighted by Crippen LogP contribution is 2.52. The van der Waals surface area contributed by atoms with Crippen LogP contribution in [0, 0.1) is 0 Å². The molecule has 5 aromatic rings. The van der Waals surface area contributed by atoms with Gasteiger partial charge < -0.3 is 19.3 Å². The molecule has 2 fully saturated rings. The molecule has 0 saturated heterocycles. The van der Waals surface area contributed by atoms with Crippen LogP contribution in [0.15, 0.2) is 121 Å². The highest BCUT2D eigenvalue weighted by molar-refractivity contribution is 6.28. The maximum atomic E-state index is 13.3. The highest BCUT2D eigenvalue weighted by atomic mass is 16.3. The summed E-state index contributed by atoms with van der Waals surface area (Å²) < 4.78 is 3.81. The summed E-state index contributed by atoms with van der Waals surface area (Å²) in [5.74, 6) is -1.64. The van der Waals surface area contributed by atoms with Gasteiger partial charge in [-0.2, -0.15) is 0 Å². The maximum absolute atomic E-state index is 13.3. The van der Waals surface area contributed by atoms with Crippen molar-refractivity contribution in [1.29, 1.82) is 0 Å². The molecule has 4 aliphatic rings. The summed E-state index contributed by atoms with van der Waals surface area (Å²) in [7, 11) is 0. The van der Waals surface area contributed by atoms with Crippen molar-refractivity contribution in [3.63, 3.8) is 0 Å². The number of aliphatic hydroxyl groups excluding tert-OH is 2. The van der Waals surface area contributed by atoms with E-state index in [-0.39, 0.29) is 45.8 Å². The van der Waals surface area contributed by atoms with Crippen LogP contribution in [0.5, 0.6) is 0 Å². The number of allylic oxidation sites excluding steroid dienone is 2. The molecular weight excluding hydrogens is 652 g/mol. The number of hydrogen-bond donors (Lipinski definition) is 2. The highest BCUT2D eigenvalue weighted by Gasteiger charge is 2.54. The van der Waals surface area contributed by atoms with Gasteiger partial charge in [0.05, 0.1) is 11.4 Å². The first-order valence-corrected chi connectivity index (χ1v) is 17.7. The van der Waals surface area contributed by atoms with Gasteiger partial charge in [0.1, 0.15) is 22.2 Å². The zero-order valence-electron chi connectivity index (χ0n) is 29.1. The normalized spacial score (nSPS) is 17.9. The third-order valence-electron chi connectivity index (χ3n) is 11.3. The summed E-state index contributed by atoms with van der Waals surface area (Å²) >= 11 is 0. The van der Waals surface area contributed by atoms with E-state index in [0.717, 1.165) is 46.2 Å². The molecule has 0 unspecified atom stereocenters. The van der Waals surface area contributed by atoms with E-state index >= 15 is 0 Å². The van der Waals surface area contributed by atoms with E-state index in [9.17, 15) is 29.4 Å². The predicted octanol–water partition coefficient (Wildman–Crippen LogP) is 8.62. The first-order valence-electron chi connectivity index (χ1n) is 17.7. The third kappa shape index (κ3) is 4.74. The van der Waals surface area contributed by atoms with Gasteiger partial charge in [-0.15, -0.1) is 0 Å². The fourth-order valence-electron chi connectivity index (χ4n) is 8.44. The van der Waals surface area contributed by atoms with Crippen LogP contribution in [0.3, 0.4) is 0 Å². The Balaban J connectivity index is 0.000000153. The zero-order valence-corrected chi connectivity index (χ0v) is 29.1. The Labute approximate surface area is 301 Å². The number of fused-ring (bicyclic) bond motifs is 4. The molecular formula is C44H38N2O6. The van der Waals surface area contributed by atoms with E-state index in [1.165, 1.54) is 13.8 Å². The molecule has 52 heavy (non-hydrogen) atoms. The van der Waals surface area contributed by atoms with Crippen molar-refractivity contribution in [2.45, 2.75) is 63.5 Å². The van der Waals surface area contributed by atoms with Crippen LogP contribution in [0.1, 0.15) is 63.8 Å². The molecule has 8 nitrogen and oxygen atoms in total. The van der Waals surface area contributed by atoms with Crippen molar-refractivity contribution in [1.82, 2.24) is 9.13 Å². The number of ketones is 4. The van der Waals surface area contributed by atoms with Gasteiger partial charge in [-0.1, -0.05) is 91.0 Å². The lowest BCUT2D eigenvalue weighted by Gasteiger charge is -2.45. The molecule has 8 heteroatoms. The number of nitrogens with zero attached hydrogens (tertiary/aromatic N) is 2. The Morgan fingerprint density at radius 2 is 0.981 bits per heavy atom. The number of carbonyl (C=O) groups excluding carboxylic acids is 4. The lowest BCUT2D eigenvalue weighted by atomic mass is 9.69. The summed E-state index contributed by atoms with van der Waals surface area (Å²) in [5, 5.41) is 21.8. The van der Waals surface area contributed by atoms with Crippen LogP contribution in [0.4, 0.5) is 0 Å². The molecule has 260 valence electrons. The molecule has 2 saturated carbocycles. The minimum Gasteiger partial charge on any atom is -0.505 e. The topological polar surface area (TPSA) is 119 Å². The number of Topliss-reactive ketones (excluding diaryl/α,β-unsaturated/α-hetero) is 4. The molecule has 3 aromatic carbocycles. The van der Waals surface area contributed by atoms with Crippen molar-refractivity contribution in [2.24, 2.45) is 0 Å². The molecule has 0 radical (unpaired) electrons. The number of hydrogen-bond acceptors (Lipinski definition) is 6. The first-order chi connectivity index (χ1) is 25.1. The molecule has 2 aromatic heterocycles. The molecule has 0 bridgehead atoms. The van der Waals surface area contributed by atoms with E-state index in [4.69, 9.17) is 0 Å². The Morgan fingerprint density at radius 3 is 1.42 bits per heavy atom. The zero-order chi connectivity index (χ0) is 36.4. The fourth-order valence-corrected chi connectivity index (χ4v) is 8.44. The summed E-state index contributed by atoms with van der Waals surface area (Å²) in [6.45, 7) is 2.70. The average molecular weight is 691 g/mol. The van der Waals surface area contributed by atoms with Crippen molar-refractivity contribution >= 4 is 34.7 Å². The van der Waals surface area contributed by atoms with Crippen molar-refractivity contribution in [3.05, 3.63) is 132 Å². The van der Waals surface area contributed by atoms with E-state index in [1.54, 1.807) is 0 Å². The summed E-state index contributed by atoms with van der Waals surface area (Å²) in [5.41, 5.74) is 5.15. The number of aliphatic hydroxyl groups is 2. The third-order valence-corrected chi connectivity index (χ3v) is 11.3. The lowest BCUT2D eigenvalue weighted by Crippen LogP contribution is -2.52. The number of aromatic nitrogens is 2. The van der Waals surface area contributed by atoms with Gasteiger partial charge in [-0.3, -0.25) is 19.2 Å². The van der Waals surface area contributed by atoms with Crippen molar-refractivity contribution in [3.8, 4) is 33.4 Å². The van der Waals surface area contributed by atoms with Gasteiger partial charge in [0.15, 0.2) is 34.7 Å². The number of rotatable bonds is 5. The smallest absolute Gasteiger partial charge is 0.196 e. The monoisotopic (exact) mass is 690 g/mol. The lowest BCUT2D eigenvalue weighted by molar-refractivity contribution is -0.132. The molecule has 2 aliphatic carbocycles. The van der Waals surface area contributed by atoms with Crippen molar-refractivity contribution < 1.29 is 29.4 Å². The second kappa shape index (κ2) is 12.3. The summed E-state index contributed by atoms with van der Waals surface area (Å²) in [6.07, 6.45) is 8.52. The molecule has 4 heterocycles. The van der Waals surface area contributed by atoms with Gasteiger partial charge in [0.25, 0.3) is 0 Å². The van der Waals surface area contributed by atoms with Crippen LogP contribution in [-0.2, 0) is 30.3 Å². The largest absolute Gasteiger partial charge is 0.505 e. The number of carbonyl (C=O) groups is 4. The quantitative estimate of drug-likeness (QED) is 0.178. The minimum atomic E-state index is -0.765. The van der Waals surface area contributed by atoms with Crippen LogP contribution in [0.25, 0.3) is 44.9 Å². The second-order valence-electron chi connectivity index (χ2n) is 14.2. The molecule has 0 atom stereocenters. The van der Waals surface area contributed by atoms with Gasteiger partial charge in [-0.25, -0.2) is 0 Å². The van der Waals surface area contributed by atoms with E-state index in [0.29, 0.717) is 37.1 Å². The summed E-state index contributed by atoms with van der Waals surface area (Å²) in [4.78, 5) is 50.4. The predicted molar refractivity (Wildman–Crippen MR) is 199 cm³/mol. The Morgan fingerprint density at radius 1 is 0.558 bits per heavy atom. The van der Waals surface area contributed by atoms with Crippen LogP contribution in [-0.4, -0.2) is 42.5 Å². The van der Waals surface area contributed by atoms with Gasteiger partial charge >= 0.3 is 0 Å². The van der Waals surface area contributed by atoms with Crippen LogP contribution in [0.2, 0.25) is 0 Å². The van der Waals surface area contributed by atoms with Crippen LogP contribution < -0.4 is 0 Å². The second-order valence-corrected chi connectivity index (χ2v) is 14.2. The molecule has 9 rings (SSSR count). The minimum absolute atomic E-state index is 0.0481. The Kier molecular flexibility index (Phi) is 7.86. The van der Waals surface area contributed by atoms with E-state index < -0.39 is 11.1 Å². The SMILES string of the molecule is CC(=O)C1=C(O)c2c(-c3ccccc3)c(-c3ccccc3)cn2C2(CCC2)C1=O.CC(=O)C1=C(O)c2c(-c3ccccc3)ccn2C2(CCC2)C1=O. The van der Waals surface area contributed by atoms with E-state index in [2.05, 4.69) is 0 Å². The molecule has 2 spiro atoms. The Bertz CT molecular complexity index is 2350. The molecule has 2 N–H and O–H groups in total. The van der Waals surface area contributed by atoms with Gasteiger partial charge in [0.2, 0.25) is 0 Å².